The average Bonchev–Trinajstić information content (AvgIpc) is 2.85. The van der Waals surface area contributed by atoms with E-state index in [9.17, 15) is 0 Å². The van der Waals surface area contributed by atoms with Gasteiger partial charge in [-0.1, -0.05) is 13.8 Å². The maximum absolute atomic E-state index is 4.62. The molecule has 2 fully saturated rings. The lowest BCUT2D eigenvalue weighted by molar-refractivity contribution is 0.104. The fraction of sp³-hybridized carbons (Fsp3) is 0.833. The Kier molecular flexibility index (Phi) is 4.88. The van der Waals surface area contributed by atoms with Gasteiger partial charge in [0.25, 0.3) is 0 Å². The molecular formula is C18H32N4. The Morgan fingerprint density at radius 3 is 2.36 bits per heavy atom. The molecular weight excluding hydrogens is 272 g/mol. The van der Waals surface area contributed by atoms with Crippen LogP contribution in [0.2, 0.25) is 0 Å². The second kappa shape index (κ2) is 6.71. The van der Waals surface area contributed by atoms with Crippen LogP contribution in [0.1, 0.15) is 52.1 Å². The fourth-order valence-electron chi connectivity index (χ4n) is 3.75. The van der Waals surface area contributed by atoms with Crippen LogP contribution in [0.5, 0.6) is 0 Å². The molecule has 0 atom stereocenters. The molecule has 0 N–H and O–H groups in total. The van der Waals surface area contributed by atoms with E-state index in [1.165, 1.54) is 44.6 Å². The highest BCUT2D eigenvalue weighted by atomic mass is 15.3. The first-order valence-corrected chi connectivity index (χ1v) is 9.02. The summed E-state index contributed by atoms with van der Waals surface area (Å²) >= 11 is 0. The van der Waals surface area contributed by atoms with E-state index in [0.29, 0.717) is 12.1 Å². The molecule has 1 aromatic heterocycles. The van der Waals surface area contributed by atoms with Gasteiger partial charge in [-0.2, -0.15) is 5.10 Å². The number of hydrogen-bond acceptors (Lipinski definition) is 3. The van der Waals surface area contributed by atoms with Crippen LogP contribution in [0, 0.1) is 11.8 Å². The molecule has 1 aromatic rings. The summed E-state index contributed by atoms with van der Waals surface area (Å²) in [6, 6.07) is 1.33. The van der Waals surface area contributed by atoms with Gasteiger partial charge in [-0.05, 0) is 38.5 Å². The predicted octanol–water partition coefficient (Wildman–Crippen LogP) is 3.02. The number of aromatic nitrogens is 2. The first-order valence-electron chi connectivity index (χ1n) is 9.02. The van der Waals surface area contributed by atoms with Crippen molar-refractivity contribution >= 4 is 0 Å². The molecule has 1 saturated carbocycles. The molecule has 0 unspecified atom stereocenters. The Morgan fingerprint density at radius 2 is 1.77 bits per heavy atom. The van der Waals surface area contributed by atoms with E-state index < -0.39 is 0 Å². The molecule has 4 nitrogen and oxygen atoms in total. The van der Waals surface area contributed by atoms with E-state index in [2.05, 4.69) is 59.7 Å². The van der Waals surface area contributed by atoms with Crippen molar-refractivity contribution < 1.29 is 0 Å². The molecule has 1 aliphatic heterocycles. The van der Waals surface area contributed by atoms with Crippen LogP contribution in [-0.4, -0.2) is 51.8 Å². The molecule has 124 valence electrons. The monoisotopic (exact) mass is 304 g/mol. The van der Waals surface area contributed by atoms with Crippen molar-refractivity contribution in [2.45, 2.75) is 59.2 Å². The Bertz CT molecular complexity index is 465. The summed E-state index contributed by atoms with van der Waals surface area (Å²) in [6.07, 6.45) is 6.99. The third-order valence-corrected chi connectivity index (χ3v) is 5.66. The van der Waals surface area contributed by atoms with Crippen molar-refractivity contribution in [1.29, 1.82) is 0 Å². The first kappa shape index (κ1) is 16.0. The second-order valence-electron chi connectivity index (χ2n) is 7.86. The number of nitrogens with zero attached hydrogens (tertiary/aromatic N) is 4. The summed E-state index contributed by atoms with van der Waals surface area (Å²) in [5.41, 5.74) is 1.38. The van der Waals surface area contributed by atoms with Crippen LogP contribution < -0.4 is 0 Å². The highest BCUT2D eigenvalue weighted by molar-refractivity contribution is 5.06. The highest BCUT2D eigenvalue weighted by Crippen LogP contribution is 2.41. The molecule has 1 saturated heterocycles. The van der Waals surface area contributed by atoms with Gasteiger partial charge >= 0.3 is 0 Å². The van der Waals surface area contributed by atoms with Crippen molar-refractivity contribution in [3.05, 3.63) is 18.0 Å². The zero-order chi connectivity index (χ0) is 15.7. The third-order valence-electron chi connectivity index (χ3n) is 5.66. The molecule has 0 amide bonds. The van der Waals surface area contributed by atoms with Crippen LogP contribution in [0.4, 0.5) is 0 Å². The molecule has 22 heavy (non-hydrogen) atoms. The van der Waals surface area contributed by atoms with Gasteiger partial charge < -0.3 is 0 Å². The van der Waals surface area contributed by atoms with E-state index in [1.54, 1.807) is 0 Å². The third kappa shape index (κ3) is 3.54. The van der Waals surface area contributed by atoms with E-state index in [-0.39, 0.29) is 0 Å². The fourth-order valence-corrected chi connectivity index (χ4v) is 3.75. The van der Waals surface area contributed by atoms with E-state index in [1.807, 2.05) is 0 Å². The van der Waals surface area contributed by atoms with E-state index in [4.69, 9.17) is 0 Å². The van der Waals surface area contributed by atoms with Crippen molar-refractivity contribution in [1.82, 2.24) is 19.6 Å². The summed E-state index contributed by atoms with van der Waals surface area (Å²) < 4.78 is 2.22. The SMILES string of the molecule is CC(C)C1CC(n2cc(CN3CCN(C(C)C)CC3)cn2)C1. The van der Waals surface area contributed by atoms with Crippen molar-refractivity contribution in [3.8, 4) is 0 Å². The van der Waals surface area contributed by atoms with Crippen LogP contribution in [0.3, 0.4) is 0 Å². The average molecular weight is 304 g/mol. The smallest absolute Gasteiger partial charge is 0.0534 e. The van der Waals surface area contributed by atoms with Gasteiger partial charge in [0.05, 0.1) is 12.2 Å². The lowest BCUT2D eigenvalue weighted by Gasteiger charge is -2.38. The minimum absolute atomic E-state index is 0.652. The molecule has 0 spiro atoms. The Morgan fingerprint density at radius 1 is 1.09 bits per heavy atom. The zero-order valence-corrected chi connectivity index (χ0v) is 14.7. The minimum Gasteiger partial charge on any atom is -0.298 e. The van der Waals surface area contributed by atoms with Gasteiger partial charge in [0.2, 0.25) is 0 Å². The number of hydrogen-bond donors (Lipinski definition) is 0. The van der Waals surface area contributed by atoms with Gasteiger partial charge in [-0.3, -0.25) is 14.5 Å². The quantitative estimate of drug-likeness (QED) is 0.836. The Labute approximate surface area is 135 Å². The summed E-state index contributed by atoms with van der Waals surface area (Å²) in [6.45, 7) is 15.1. The minimum atomic E-state index is 0.652. The lowest BCUT2D eigenvalue weighted by atomic mass is 9.74. The van der Waals surface area contributed by atoms with Gasteiger partial charge in [0.15, 0.2) is 0 Å². The van der Waals surface area contributed by atoms with Crippen LogP contribution in [0.25, 0.3) is 0 Å². The second-order valence-corrected chi connectivity index (χ2v) is 7.86. The van der Waals surface area contributed by atoms with Crippen LogP contribution in [-0.2, 0) is 6.54 Å². The number of piperazine rings is 1. The largest absolute Gasteiger partial charge is 0.298 e. The molecule has 2 heterocycles. The van der Waals surface area contributed by atoms with Gasteiger partial charge in [0.1, 0.15) is 0 Å². The first-order chi connectivity index (χ1) is 10.5. The van der Waals surface area contributed by atoms with Gasteiger partial charge in [-0.15, -0.1) is 0 Å². The standard InChI is InChI=1S/C18H32N4/c1-14(2)17-9-18(10-17)22-13-16(11-19-22)12-20-5-7-21(8-6-20)15(3)4/h11,13-15,17-18H,5-10,12H2,1-4H3. The molecule has 0 bridgehead atoms. The highest BCUT2D eigenvalue weighted by Gasteiger charge is 2.32. The van der Waals surface area contributed by atoms with Gasteiger partial charge in [0, 0.05) is 50.5 Å². The van der Waals surface area contributed by atoms with Crippen molar-refractivity contribution in [2.75, 3.05) is 26.2 Å². The van der Waals surface area contributed by atoms with E-state index in [0.717, 1.165) is 18.4 Å². The van der Waals surface area contributed by atoms with Crippen molar-refractivity contribution in [3.63, 3.8) is 0 Å². The summed E-state index contributed by atoms with van der Waals surface area (Å²) in [4.78, 5) is 5.14. The summed E-state index contributed by atoms with van der Waals surface area (Å²) in [7, 11) is 0. The maximum atomic E-state index is 4.62. The topological polar surface area (TPSA) is 24.3 Å². The molecule has 3 rings (SSSR count). The lowest BCUT2D eigenvalue weighted by Crippen LogP contribution is -2.48. The molecule has 1 aliphatic carbocycles. The van der Waals surface area contributed by atoms with Crippen LogP contribution in [0.15, 0.2) is 12.4 Å². The molecule has 0 aromatic carbocycles. The molecule has 2 aliphatic rings. The zero-order valence-electron chi connectivity index (χ0n) is 14.7. The Balaban J connectivity index is 1.47. The Hall–Kier alpha value is -0.870. The maximum Gasteiger partial charge on any atom is 0.0534 e. The molecule has 4 heteroatoms. The summed E-state index contributed by atoms with van der Waals surface area (Å²) in [5, 5.41) is 4.62. The predicted molar refractivity (Wildman–Crippen MR) is 90.8 cm³/mol. The van der Waals surface area contributed by atoms with E-state index >= 15 is 0 Å². The van der Waals surface area contributed by atoms with Crippen molar-refractivity contribution in [2.24, 2.45) is 11.8 Å². The summed E-state index contributed by atoms with van der Waals surface area (Å²) in [5.74, 6) is 1.73. The number of rotatable bonds is 5. The van der Waals surface area contributed by atoms with Gasteiger partial charge in [-0.25, -0.2) is 0 Å². The normalized spacial score (nSPS) is 27.5. The molecule has 0 radical (unpaired) electrons. The van der Waals surface area contributed by atoms with Crippen LogP contribution >= 0.6 is 0 Å².